The van der Waals surface area contributed by atoms with Crippen LogP contribution in [0.15, 0.2) is 65.1 Å². The maximum atomic E-state index is 6.16. The lowest BCUT2D eigenvalue weighted by atomic mass is 10.1. The van der Waals surface area contributed by atoms with Gasteiger partial charge in [-0.2, -0.15) is 0 Å². The molecule has 6 heteroatoms. The molecule has 0 unspecified atom stereocenters. The topological polar surface area (TPSA) is 39.7 Å². The molecular weight excluding hydrogens is 466 g/mol. The number of methoxy groups -OCH3 is 2. The first-order valence-corrected chi connectivity index (χ1v) is 10.8. The Hall–Kier alpha value is -2.21. The smallest absolute Gasteiger partial charge is 0.167 e. The maximum absolute atomic E-state index is 6.16. The van der Waals surface area contributed by atoms with Gasteiger partial charge in [0.15, 0.2) is 11.5 Å². The van der Waals surface area contributed by atoms with Crippen LogP contribution in [-0.2, 0) is 19.6 Å². The summed E-state index contributed by atoms with van der Waals surface area (Å²) in [5, 5.41) is 4.19. The molecule has 158 valence electrons. The zero-order chi connectivity index (χ0) is 21.3. The van der Waals surface area contributed by atoms with Crippen molar-refractivity contribution < 1.29 is 14.2 Å². The Balaban J connectivity index is 1.68. The Morgan fingerprint density at radius 3 is 2.50 bits per heavy atom. The summed E-state index contributed by atoms with van der Waals surface area (Å²) < 4.78 is 18.1. The molecule has 0 fully saturated rings. The van der Waals surface area contributed by atoms with Crippen molar-refractivity contribution in [2.75, 3.05) is 20.8 Å². The second-order valence-corrected chi connectivity index (χ2v) is 8.01. The van der Waals surface area contributed by atoms with Gasteiger partial charge in [0.05, 0.1) is 14.2 Å². The summed E-state index contributed by atoms with van der Waals surface area (Å²) in [6.07, 6.45) is 0.865. The largest absolute Gasteiger partial charge is 0.496 e. The molecule has 0 saturated carbocycles. The molecule has 0 aliphatic carbocycles. The molecule has 0 spiro atoms. The van der Waals surface area contributed by atoms with E-state index in [4.69, 9.17) is 25.8 Å². The zero-order valence-electron chi connectivity index (χ0n) is 17.1. The summed E-state index contributed by atoms with van der Waals surface area (Å²) in [4.78, 5) is 0. The fourth-order valence-electron chi connectivity index (χ4n) is 3.19. The normalized spacial score (nSPS) is 10.7. The monoisotopic (exact) mass is 489 g/mol. The summed E-state index contributed by atoms with van der Waals surface area (Å²) in [7, 11) is 3.34. The minimum atomic E-state index is 0.404. The van der Waals surface area contributed by atoms with Gasteiger partial charge in [0.2, 0.25) is 0 Å². The molecule has 30 heavy (non-hydrogen) atoms. The molecule has 3 aromatic carbocycles. The van der Waals surface area contributed by atoms with Crippen LogP contribution >= 0.6 is 27.5 Å². The lowest BCUT2D eigenvalue weighted by Gasteiger charge is -2.17. The van der Waals surface area contributed by atoms with E-state index in [1.165, 1.54) is 5.56 Å². The van der Waals surface area contributed by atoms with Crippen molar-refractivity contribution in [3.05, 3.63) is 86.8 Å². The predicted octanol–water partition coefficient (Wildman–Crippen LogP) is 6.03. The second-order valence-electron chi connectivity index (χ2n) is 6.71. The zero-order valence-corrected chi connectivity index (χ0v) is 19.4. The molecule has 0 bridgehead atoms. The van der Waals surface area contributed by atoms with Crippen LogP contribution in [0.4, 0.5) is 0 Å². The summed E-state index contributed by atoms with van der Waals surface area (Å²) >= 11 is 9.74. The van der Waals surface area contributed by atoms with Gasteiger partial charge < -0.3 is 19.5 Å². The van der Waals surface area contributed by atoms with Gasteiger partial charge >= 0.3 is 0 Å². The molecule has 1 N–H and O–H groups in total. The van der Waals surface area contributed by atoms with Gasteiger partial charge in [0.1, 0.15) is 12.4 Å². The Morgan fingerprint density at radius 2 is 1.73 bits per heavy atom. The minimum Gasteiger partial charge on any atom is -0.496 e. The lowest BCUT2D eigenvalue weighted by Crippen LogP contribution is -2.18. The summed E-state index contributed by atoms with van der Waals surface area (Å²) in [5.74, 6) is 2.32. The Bertz CT molecular complexity index is 980. The average Bonchev–Trinajstić information content (AvgIpc) is 2.76. The molecule has 4 nitrogen and oxygen atoms in total. The van der Waals surface area contributed by atoms with Crippen LogP contribution in [0.1, 0.15) is 16.7 Å². The van der Waals surface area contributed by atoms with Crippen molar-refractivity contribution in [2.24, 2.45) is 0 Å². The summed E-state index contributed by atoms with van der Waals surface area (Å²) in [5.41, 5.74) is 3.19. The number of hydrogen-bond donors (Lipinski definition) is 1. The van der Waals surface area contributed by atoms with E-state index >= 15 is 0 Å². The fraction of sp³-hybridized carbons (Fsp3) is 0.250. The van der Waals surface area contributed by atoms with Crippen LogP contribution in [0.3, 0.4) is 0 Å². The van der Waals surface area contributed by atoms with Gasteiger partial charge in [0, 0.05) is 21.6 Å². The number of ether oxygens (including phenoxy) is 3. The SMILES string of the molecule is COc1ccccc1CCNCc1c(Br)ccc(OC)c1OCc1cccc(Cl)c1. The van der Waals surface area contributed by atoms with Crippen LogP contribution in [0.5, 0.6) is 17.2 Å². The van der Waals surface area contributed by atoms with E-state index in [0.717, 1.165) is 40.1 Å². The van der Waals surface area contributed by atoms with E-state index in [0.29, 0.717) is 23.9 Å². The fourth-order valence-corrected chi connectivity index (χ4v) is 3.86. The molecule has 0 aliphatic heterocycles. The van der Waals surface area contributed by atoms with Crippen molar-refractivity contribution in [1.82, 2.24) is 5.32 Å². The highest BCUT2D eigenvalue weighted by Gasteiger charge is 2.15. The average molecular weight is 491 g/mol. The van der Waals surface area contributed by atoms with Crippen molar-refractivity contribution in [2.45, 2.75) is 19.6 Å². The van der Waals surface area contributed by atoms with Crippen molar-refractivity contribution >= 4 is 27.5 Å². The molecule has 0 aliphatic rings. The number of benzene rings is 3. The first-order valence-electron chi connectivity index (χ1n) is 9.67. The Morgan fingerprint density at radius 1 is 0.933 bits per heavy atom. The van der Waals surface area contributed by atoms with Crippen molar-refractivity contribution in [3.63, 3.8) is 0 Å². The molecule has 0 radical (unpaired) electrons. The standard InChI is InChI=1S/C24H25BrClNO3/c1-28-22-9-4-3-7-18(22)12-13-27-15-20-21(25)10-11-23(29-2)24(20)30-16-17-6-5-8-19(26)14-17/h3-11,14,27H,12-13,15-16H2,1-2H3. The van der Waals surface area contributed by atoms with E-state index in [-0.39, 0.29) is 0 Å². The summed E-state index contributed by atoms with van der Waals surface area (Å²) in [6, 6.07) is 19.6. The highest BCUT2D eigenvalue weighted by Crippen LogP contribution is 2.37. The minimum absolute atomic E-state index is 0.404. The van der Waals surface area contributed by atoms with E-state index in [2.05, 4.69) is 27.3 Å². The molecule has 3 rings (SSSR count). The molecule has 0 heterocycles. The number of halogens is 2. The number of nitrogens with one attached hydrogen (secondary N) is 1. The van der Waals surface area contributed by atoms with E-state index in [1.807, 2.05) is 54.6 Å². The van der Waals surface area contributed by atoms with E-state index < -0.39 is 0 Å². The van der Waals surface area contributed by atoms with Crippen LogP contribution < -0.4 is 19.5 Å². The lowest BCUT2D eigenvalue weighted by molar-refractivity contribution is 0.280. The highest BCUT2D eigenvalue weighted by molar-refractivity contribution is 9.10. The molecule has 0 amide bonds. The molecular formula is C24H25BrClNO3. The molecule has 0 atom stereocenters. The number of hydrogen-bond acceptors (Lipinski definition) is 4. The summed E-state index contributed by atoms with van der Waals surface area (Å²) in [6.45, 7) is 1.84. The third-order valence-electron chi connectivity index (χ3n) is 4.72. The van der Waals surface area contributed by atoms with Crippen LogP contribution in [0.2, 0.25) is 5.02 Å². The van der Waals surface area contributed by atoms with Gasteiger partial charge in [-0.1, -0.05) is 57.9 Å². The number of para-hydroxylation sites is 1. The van der Waals surface area contributed by atoms with Gasteiger partial charge in [-0.05, 0) is 54.4 Å². The van der Waals surface area contributed by atoms with Gasteiger partial charge in [-0.25, -0.2) is 0 Å². The van der Waals surface area contributed by atoms with Crippen LogP contribution in [0, 0.1) is 0 Å². The van der Waals surface area contributed by atoms with E-state index in [9.17, 15) is 0 Å². The number of rotatable bonds is 10. The van der Waals surface area contributed by atoms with Gasteiger partial charge in [-0.3, -0.25) is 0 Å². The van der Waals surface area contributed by atoms with Crippen LogP contribution in [-0.4, -0.2) is 20.8 Å². The van der Waals surface area contributed by atoms with Crippen molar-refractivity contribution in [3.8, 4) is 17.2 Å². The van der Waals surface area contributed by atoms with E-state index in [1.54, 1.807) is 14.2 Å². The second kappa shape index (κ2) is 11.3. The molecule has 0 aromatic heterocycles. The third kappa shape index (κ3) is 5.91. The Kier molecular flexibility index (Phi) is 8.43. The first-order chi connectivity index (χ1) is 14.6. The van der Waals surface area contributed by atoms with Gasteiger partial charge in [0.25, 0.3) is 0 Å². The quantitative estimate of drug-likeness (QED) is 0.352. The van der Waals surface area contributed by atoms with Gasteiger partial charge in [-0.15, -0.1) is 0 Å². The van der Waals surface area contributed by atoms with Crippen LogP contribution in [0.25, 0.3) is 0 Å². The molecule has 0 saturated heterocycles. The first kappa shape index (κ1) is 22.5. The Labute approximate surface area is 191 Å². The third-order valence-corrected chi connectivity index (χ3v) is 5.70. The highest BCUT2D eigenvalue weighted by atomic mass is 79.9. The maximum Gasteiger partial charge on any atom is 0.167 e. The molecule has 3 aromatic rings. The van der Waals surface area contributed by atoms with Crippen molar-refractivity contribution in [1.29, 1.82) is 0 Å². The predicted molar refractivity (Wildman–Crippen MR) is 125 cm³/mol.